The highest BCUT2D eigenvalue weighted by molar-refractivity contribution is 6.02. The van der Waals surface area contributed by atoms with E-state index in [0.717, 1.165) is 36.5 Å². The van der Waals surface area contributed by atoms with E-state index in [-0.39, 0.29) is 42.0 Å². The molecule has 2 aromatic rings. The molecule has 0 unspecified atom stereocenters. The third-order valence-corrected chi connectivity index (χ3v) is 4.16. The average Bonchev–Trinajstić information content (AvgIpc) is 2.69. The number of carbonyl (C=O) groups is 1. The van der Waals surface area contributed by atoms with E-state index in [0.29, 0.717) is 0 Å². The normalized spacial score (nSPS) is 18.4. The number of amides is 1. The maximum Gasteiger partial charge on any atom is 0.387 e. The summed E-state index contributed by atoms with van der Waals surface area (Å²) >= 11 is 0. The summed E-state index contributed by atoms with van der Waals surface area (Å²) in [5.41, 5.74) is 2.44. The molecule has 3 N–H and O–H groups in total. The van der Waals surface area contributed by atoms with E-state index in [1.807, 2.05) is 0 Å². The molecule has 31 heavy (non-hydrogen) atoms. The number of pyridine rings is 1. The fraction of sp³-hybridized carbons (Fsp3) is 0.278. The summed E-state index contributed by atoms with van der Waals surface area (Å²) in [5.74, 6) is -2.24. The molecule has 0 aliphatic carbocycles. The summed E-state index contributed by atoms with van der Waals surface area (Å²) in [5, 5.41) is 2.37. The number of nitrogens with zero attached hydrogens (tertiary/aromatic N) is 2. The summed E-state index contributed by atoms with van der Waals surface area (Å²) < 4.78 is 75.5. The summed E-state index contributed by atoms with van der Waals surface area (Å²) in [4.78, 5) is 19.7. The molecular formula is C18H16ClF5N4O3. The van der Waals surface area contributed by atoms with E-state index < -0.39 is 42.5 Å². The highest BCUT2D eigenvalue weighted by Crippen LogP contribution is 2.38. The summed E-state index contributed by atoms with van der Waals surface area (Å²) in [6, 6.07) is 5.27. The van der Waals surface area contributed by atoms with Crippen LogP contribution in [0.5, 0.6) is 5.75 Å². The third kappa shape index (κ3) is 5.39. The molecule has 1 atom stereocenters. The zero-order valence-corrected chi connectivity index (χ0v) is 16.3. The van der Waals surface area contributed by atoms with Crippen LogP contribution in [-0.4, -0.2) is 43.0 Å². The summed E-state index contributed by atoms with van der Waals surface area (Å²) in [7, 11) is 0. The number of amidine groups is 1. The lowest BCUT2D eigenvalue weighted by molar-refractivity contribution is -0.0500. The molecule has 0 saturated carbocycles. The highest BCUT2D eigenvalue weighted by atomic mass is 35.5. The van der Waals surface area contributed by atoms with Crippen molar-refractivity contribution in [3.05, 3.63) is 53.6 Å². The molecule has 168 valence electrons. The molecule has 0 radical (unpaired) electrons. The standard InChI is InChI=1S/C18H15F5N4O3.ClH/c19-12-3-1-9(5-11(12)18(16(20)21)8-29-7-14(24)27-18)26-15(28)13-4-2-10(6-25-13)30-17(22)23;/h1-6,16-17H,7-8H2,(H2,24,27)(H,26,28);1H/t18-;/m0./s1. The van der Waals surface area contributed by atoms with Crippen LogP contribution in [0.4, 0.5) is 27.6 Å². The number of benzene rings is 1. The number of alkyl halides is 4. The van der Waals surface area contributed by atoms with Gasteiger partial charge in [0, 0.05) is 11.3 Å². The number of halogens is 6. The maximum atomic E-state index is 14.4. The summed E-state index contributed by atoms with van der Waals surface area (Å²) in [6.07, 6.45) is -2.22. The van der Waals surface area contributed by atoms with Crippen molar-refractivity contribution in [2.75, 3.05) is 18.5 Å². The number of carbonyl (C=O) groups excluding carboxylic acids is 1. The Morgan fingerprint density at radius 3 is 2.55 bits per heavy atom. The number of aliphatic imine (C=N–C) groups is 1. The first-order valence-electron chi connectivity index (χ1n) is 8.43. The molecular weight excluding hydrogens is 451 g/mol. The van der Waals surface area contributed by atoms with E-state index in [4.69, 9.17) is 10.5 Å². The smallest absolute Gasteiger partial charge is 0.387 e. The quantitative estimate of drug-likeness (QED) is 0.636. The molecule has 0 fully saturated rings. The number of hydrogen-bond donors (Lipinski definition) is 2. The zero-order chi connectivity index (χ0) is 21.9. The Morgan fingerprint density at radius 1 is 1.23 bits per heavy atom. The largest absolute Gasteiger partial charge is 0.433 e. The van der Waals surface area contributed by atoms with E-state index in [2.05, 4.69) is 20.0 Å². The topological polar surface area (TPSA) is 98.8 Å². The predicted molar refractivity (Wildman–Crippen MR) is 103 cm³/mol. The van der Waals surface area contributed by atoms with Crippen LogP contribution >= 0.6 is 12.4 Å². The number of nitrogens with two attached hydrogens (primary N) is 1. The molecule has 3 rings (SSSR count). The minimum absolute atomic E-state index is 0. The van der Waals surface area contributed by atoms with Crippen molar-refractivity contribution >= 4 is 29.8 Å². The van der Waals surface area contributed by atoms with Gasteiger partial charge in [-0.1, -0.05) is 0 Å². The molecule has 1 aliphatic heterocycles. The van der Waals surface area contributed by atoms with Crippen LogP contribution in [0, 0.1) is 5.82 Å². The minimum Gasteiger partial charge on any atom is -0.433 e. The third-order valence-electron chi connectivity index (χ3n) is 4.16. The van der Waals surface area contributed by atoms with Gasteiger partial charge in [-0.3, -0.25) is 9.79 Å². The molecule has 1 aromatic heterocycles. The molecule has 0 bridgehead atoms. The van der Waals surface area contributed by atoms with Gasteiger partial charge in [0.1, 0.15) is 29.7 Å². The van der Waals surface area contributed by atoms with Crippen LogP contribution in [-0.2, 0) is 10.3 Å². The number of rotatable bonds is 6. The maximum absolute atomic E-state index is 14.4. The number of anilines is 1. The van der Waals surface area contributed by atoms with Gasteiger partial charge in [0.15, 0.2) is 5.54 Å². The van der Waals surface area contributed by atoms with Gasteiger partial charge < -0.3 is 20.5 Å². The van der Waals surface area contributed by atoms with Crippen LogP contribution in [0.3, 0.4) is 0 Å². The molecule has 0 spiro atoms. The second-order valence-corrected chi connectivity index (χ2v) is 6.23. The van der Waals surface area contributed by atoms with Gasteiger partial charge in [0.2, 0.25) is 0 Å². The van der Waals surface area contributed by atoms with Crippen molar-refractivity contribution in [3.63, 3.8) is 0 Å². The van der Waals surface area contributed by atoms with Crippen molar-refractivity contribution < 1.29 is 36.2 Å². The van der Waals surface area contributed by atoms with Crippen LogP contribution in [0.2, 0.25) is 0 Å². The molecule has 2 heterocycles. The van der Waals surface area contributed by atoms with Crippen LogP contribution < -0.4 is 15.8 Å². The van der Waals surface area contributed by atoms with Crippen LogP contribution in [0.25, 0.3) is 0 Å². The van der Waals surface area contributed by atoms with E-state index in [1.54, 1.807) is 0 Å². The number of aromatic nitrogens is 1. The molecule has 0 saturated heterocycles. The first-order chi connectivity index (χ1) is 14.2. The SMILES string of the molecule is Cl.NC1=N[C@@](c2cc(NC(=O)c3ccc(OC(F)F)cn3)ccc2F)(C(F)F)COC1. The molecule has 1 aliphatic rings. The van der Waals surface area contributed by atoms with E-state index >= 15 is 0 Å². The lowest BCUT2D eigenvalue weighted by Gasteiger charge is -2.33. The lowest BCUT2D eigenvalue weighted by atomic mass is 9.90. The predicted octanol–water partition coefficient (Wildman–Crippen LogP) is 3.34. The van der Waals surface area contributed by atoms with Gasteiger partial charge in [0.25, 0.3) is 12.3 Å². The Kier molecular flexibility index (Phi) is 7.74. The fourth-order valence-corrected chi connectivity index (χ4v) is 2.82. The van der Waals surface area contributed by atoms with Crippen LogP contribution in [0.15, 0.2) is 41.5 Å². The van der Waals surface area contributed by atoms with Crippen LogP contribution in [0.1, 0.15) is 16.1 Å². The minimum atomic E-state index is -3.14. The highest BCUT2D eigenvalue weighted by Gasteiger charge is 2.46. The van der Waals surface area contributed by atoms with Crippen molar-refractivity contribution in [2.45, 2.75) is 18.6 Å². The van der Waals surface area contributed by atoms with Gasteiger partial charge in [0.05, 0.1) is 12.8 Å². The fourth-order valence-electron chi connectivity index (χ4n) is 2.82. The van der Waals surface area contributed by atoms with Crippen molar-refractivity contribution in [2.24, 2.45) is 10.7 Å². The Labute approximate surface area is 178 Å². The zero-order valence-electron chi connectivity index (χ0n) is 15.5. The van der Waals surface area contributed by atoms with Gasteiger partial charge in [-0.2, -0.15) is 8.78 Å². The van der Waals surface area contributed by atoms with Crippen molar-refractivity contribution in [1.29, 1.82) is 0 Å². The van der Waals surface area contributed by atoms with Gasteiger partial charge in [-0.15, -0.1) is 12.4 Å². The Balaban J connectivity index is 0.00000341. The molecule has 1 amide bonds. The van der Waals surface area contributed by atoms with Gasteiger partial charge in [-0.05, 0) is 30.3 Å². The molecule has 13 heteroatoms. The first kappa shape index (κ1) is 24.3. The monoisotopic (exact) mass is 466 g/mol. The van der Waals surface area contributed by atoms with E-state index in [1.165, 1.54) is 0 Å². The summed E-state index contributed by atoms with van der Waals surface area (Å²) in [6.45, 7) is -3.82. The molecule has 7 nitrogen and oxygen atoms in total. The Bertz CT molecular complexity index is 962. The van der Waals surface area contributed by atoms with Gasteiger partial charge in [-0.25, -0.2) is 18.2 Å². The Hall–Kier alpha value is -2.99. The molecule has 1 aromatic carbocycles. The number of hydrogen-bond acceptors (Lipinski definition) is 6. The number of nitrogens with one attached hydrogen (secondary N) is 1. The van der Waals surface area contributed by atoms with Gasteiger partial charge >= 0.3 is 6.61 Å². The Morgan fingerprint density at radius 2 is 1.97 bits per heavy atom. The van der Waals surface area contributed by atoms with Crippen molar-refractivity contribution in [1.82, 2.24) is 4.98 Å². The first-order valence-corrected chi connectivity index (χ1v) is 8.43. The number of ether oxygens (including phenoxy) is 2. The lowest BCUT2D eigenvalue weighted by Crippen LogP contribution is -2.45. The van der Waals surface area contributed by atoms with Crippen molar-refractivity contribution in [3.8, 4) is 5.75 Å². The second-order valence-electron chi connectivity index (χ2n) is 6.23. The average molecular weight is 467 g/mol. The second kappa shape index (κ2) is 9.88. The van der Waals surface area contributed by atoms with E-state index in [9.17, 15) is 26.7 Å².